The number of amides is 1. The van der Waals surface area contributed by atoms with Gasteiger partial charge in [-0.3, -0.25) is 9.59 Å². The molecule has 1 aromatic heterocycles. The fraction of sp³-hybridized carbons (Fsp3) is 0.500. The fourth-order valence-corrected chi connectivity index (χ4v) is 3.68. The molecule has 0 bridgehead atoms. The lowest BCUT2D eigenvalue weighted by Crippen LogP contribution is -2.34. The van der Waals surface area contributed by atoms with E-state index in [1.807, 2.05) is 30.1 Å². The summed E-state index contributed by atoms with van der Waals surface area (Å²) in [6.07, 6.45) is 4.35. The van der Waals surface area contributed by atoms with Crippen molar-refractivity contribution in [3.63, 3.8) is 0 Å². The summed E-state index contributed by atoms with van der Waals surface area (Å²) in [5.41, 5.74) is 0.612. The Hall–Kier alpha value is -1.82. The van der Waals surface area contributed by atoms with Crippen molar-refractivity contribution in [1.29, 1.82) is 0 Å². The quantitative estimate of drug-likeness (QED) is 0.784. The number of aromatic nitrogens is 2. The average Bonchev–Trinajstić information content (AvgIpc) is 2.54. The number of nitrogens with zero attached hydrogens (tertiary/aromatic N) is 2. The number of fused-ring (bicyclic) bond motifs is 1. The second kappa shape index (κ2) is 7.83. The Balaban J connectivity index is 1.46. The monoisotopic (exact) mass is 345 g/mol. The van der Waals surface area contributed by atoms with Crippen LogP contribution in [-0.4, -0.2) is 40.1 Å². The molecule has 24 heavy (non-hydrogen) atoms. The smallest absolute Gasteiger partial charge is 0.258 e. The van der Waals surface area contributed by atoms with E-state index in [2.05, 4.69) is 9.97 Å². The van der Waals surface area contributed by atoms with Gasteiger partial charge in [-0.05, 0) is 30.9 Å². The molecule has 0 spiro atoms. The van der Waals surface area contributed by atoms with E-state index in [9.17, 15) is 9.59 Å². The lowest BCUT2D eigenvalue weighted by Gasteiger charge is -2.30. The SMILES string of the molecule is CN(CC1CCC1)C(=O)CCSCc1nc2ccccc2c(=O)[nH]1. The molecule has 3 rings (SSSR count). The van der Waals surface area contributed by atoms with Crippen molar-refractivity contribution in [2.45, 2.75) is 31.4 Å². The number of thioether (sulfide) groups is 1. The van der Waals surface area contributed by atoms with Gasteiger partial charge in [-0.1, -0.05) is 18.6 Å². The third-order valence-corrected chi connectivity index (χ3v) is 5.51. The van der Waals surface area contributed by atoms with E-state index in [4.69, 9.17) is 0 Å². The first kappa shape index (κ1) is 17.0. The highest BCUT2D eigenvalue weighted by Gasteiger charge is 2.21. The highest BCUT2D eigenvalue weighted by molar-refractivity contribution is 7.98. The summed E-state index contributed by atoms with van der Waals surface area (Å²) >= 11 is 1.63. The summed E-state index contributed by atoms with van der Waals surface area (Å²) in [4.78, 5) is 33.3. The Kier molecular flexibility index (Phi) is 5.56. The lowest BCUT2D eigenvalue weighted by molar-refractivity contribution is -0.130. The van der Waals surface area contributed by atoms with Crippen molar-refractivity contribution >= 4 is 28.6 Å². The van der Waals surface area contributed by atoms with Crippen LogP contribution in [0.5, 0.6) is 0 Å². The van der Waals surface area contributed by atoms with Crippen molar-refractivity contribution in [2.75, 3.05) is 19.3 Å². The van der Waals surface area contributed by atoms with Crippen molar-refractivity contribution in [3.05, 3.63) is 40.4 Å². The highest BCUT2D eigenvalue weighted by Crippen LogP contribution is 2.26. The number of nitrogens with one attached hydrogen (secondary N) is 1. The lowest BCUT2D eigenvalue weighted by atomic mass is 9.85. The molecule has 1 fully saturated rings. The van der Waals surface area contributed by atoms with Crippen LogP contribution < -0.4 is 5.56 Å². The van der Waals surface area contributed by atoms with Crippen molar-refractivity contribution in [3.8, 4) is 0 Å². The zero-order chi connectivity index (χ0) is 16.9. The van der Waals surface area contributed by atoms with Crippen LogP contribution in [0.3, 0.4) is 0 Å². The zero-order valence-electron chi connectivity index (χ0n) is 14.0. The standard InChI is InChI=1S/C18H23N3O2S/c1-21(11-13-5-4-6-13)17(22)9-10-24-12-16-19-15-8-3-2-7-14(15)18(23)20-16/h2-3,7-8,13H,4-6,9-12H2,1H3,(H,19,20,23). The van der Waals surface area contributed by atoms with E-state index in [1.165, 1.54) is 19.3 Å². The van der Waals surface area contributed by atoms with Gasteiger partial charge in [0, 0.05) is 25.8 Å². The van der Waals surface area contributed by atoms with Crippen molar-refractivity contribution in [1.82, 2.24) is 14.9 Å². The van der Waals surface area contributed by atoms with Crippen LogP contribution in [0.25, 0.3) is 10.9 Å². The molecular formula is C18H23N3O2S. The first-order chi connectivity index (χ1) is 11.6. The first-order valence-corrected chi connectivity index (χ1v) is 9.58. The predicted molar refractivity (Wildman–Crippen MR) is 98.1 cm³/mol. The van der Waals surface area contributed by atoms with Gasteiger partial charge in [0.2, 0.25) is 5.91 Å². The molecule has 128 valence electrons. The Labute approximate surface area is 145 Å². The number of rotatable bonds is 7. The van der Waals surface area contributed by atoms with Gasteiger partial charge in [-0.15, -0.1) is 0 Å². The summed E-state index contributed by atoms with van der Waals surface area (Å²) in [6, 6.07) is 7.33. The number of carbonyl (C=O) groups is 1. The van der Waals surface area contributed by atoms with Gasteiger partial charge >= 0.3 is 0 Å². The summed E-state index contributed by atoms with van der Waals surface area (Å²) < 4.78 is 0. The number of hydrogen-bond donors (Lipinski definition) is 1. The van der Waals surface area contributed by atoms with Crippen LogP contribution in [0.2, 0.25) is 0 Å². The van der Waals surface area contributed by atoms with E-state index in [0.717, 1.165) is 12.3 Å². The van der Waals surface area contributed by atoms with Gasteiger partial charge in [0.15, 0.2) is 0 Å². The minimum absolute atomic E-state index is 0.104. The number of aromatic amines is 1. The number of H-pyrrole nitrogens is 1. The van der Waals surface area contributed by atoms with Gasteiger partial charge in [0.25, 0.3) is 5.56 Å². The third kappa shape index (κ3) is 4.17. The van der Waals surface area contributed by atoms with Gasteiger partial charge in [-0.25, -0.2) is 4.98 Å². The Morgan fingerprint density at radius 2 is 2.17 bits per heavy atom. The molecule has 6 heteroatoms. The highest BCUT2D eigenvalue weighted by atomic mass is 32.2. The van der Waals surface area contributed by atoms with Crippen LogP contribution in [-0.2, 0) is 10.5 Å². The molecule has 5 nitrogen and oxygen atoms in total. The fourth-order valence-electron chi connectivity index (χ4n) is 2.89. The summed E-state index contributed by atoms with van der Waals surface area (Å²) in [5, 5.41) is 0.610. The van der Waals surface area contributed by atoms with Crippen molar-refractivity contribution in [2.24, 2.45) is 5.92 Å². The number of para-hydroxylation sites is 1. The minimum atomic E-state index is -0.104. The summed E-state index contributed by atoms with van der Waals surface area (Å²) in [7, 11) is 1.90. The maximum absolute atomic E-state index is 12.1. The van der Waals surface area contributed by atoms with Crippen LogP contribution in [0.4, 0.5) is 0 Å². The molecule has 1 saturated carbocycles. The molecule has 0 radical (unpaired) electrons. The van der Waals surface area contributed by atoms with Crippen molar-refractivity contribution < 1.29 is 4.79 Å². The van der Waals surface area contributed by atoms with Gasteiger partial charge in [-0.2, -0.15) is 11.8 Å². The Bertz CT molecular complexity index is 770. The first-order valence-electron chi connectivity index (χ1n) is 8.43. The molecule has 2 aromatic rings. The number of benzene rings is 1. The predicted octanol–water partition coefficient (Wildman–Crippen LogP) is 2.80. The summed E-state index contributed by atoms with van der Waals surface area (Å²) in [6.45, 7) is 0.892. The van der Waals surface area contributed by atoms with E-state index < -0.39 is 0 Å². The molecule has 0 atom stereocenters. The van der Waals surface area contributed by atoms with Crippen LogP contribution >= 0.6 is 11.8 Å². The third-order valence-electron chi connectivity index (χ3n) is 4.54. The van der Waals surface area contributed by atoms with Gasteiger partial charge < -0.3 is 9.88 Å². The topological polar surface area (TPSA) is 66.1 Å². The normalized spacial score (nSPS) is 14.5. The summed E-state index contributed by atoms with van der Waals surface area (Å²) in [5.74, 6) is 2.93. The Morgan fingerprint density at radius 3 is 2.92 bits per heavy atom. The van der Waals surface area contributed by atoms with E-state index in [0.29, 0.717) is 34.8 Å². The average molecular weight is 345 g/mol. The molecular weight excluding hydrogens is 322 g/mol. The second-order valence-corrected chi connectivity index (χ2v) is 7.51. The van der Waals surface area contributed by atoms with E-state index in [-0.39, 0.29) is 11.5 Å². The second-order valence-electron chi connectivity index (χ2n) is 6.40. The number of carbonyl (C=O) groups excluding carboxylic acids is 1. The van der Waals surface area contributed by atoms with E-state index in [1.54, 1.807) is 17.8 Å². The molecule has 0 saturated heterocycles. The molecule has 1 aliphatic carbocycles. The minimum Gasteiger partial charge on any atom is -0.345 e. The van der Waals surface area contributed by atoms with Crippen LogP contribution in [0.15, 0.2) is 29.1 Å². The molecule has 1 N–H and O–H groups in total. The zero-order valence-corrected chi connectivity index (χ0v) is 14.8. The van der Waals surface area contributed by atoms with Gasteiger partial charge in [0.1, 0.15) is 5.82 Å². The number of hydrogen-bond acceptors (Lipinski definition) is 4. The van der Waals surface area contributed by atoms with Crippen LogP contribution in [0.1, 0.15) is 31.5 Å². The molecule has 1 aromatic carbocycles. The van der Waals surface area contributed by atoms with Crippen LogP contribution in [0, 0.1) is 5.92 Å². The maximum Gasteiger partial charge on any atom is 0.258 e. The molecule has 1 heterocycles. The maximum atomic E-state index is 12.1. The molecule has 0 unspecified atom stereocenters. The van der Waals surface area contributed by atoms with Gasteiger partial charge in [0.05, 0.1) is 16.7 Å². The molecule has 1 amide bonds. The molecule has 0 aliphatic heterocycles. The van der Waals surface area contributed by atoms with E-state index >= 15 is 0 Å². The largest absolute Gasteiger partial charge is 0.345 e. The molecule has 1 aliphatic rings. The Morgan fingerprint density at radius 1 is 1.38 bits per heavy atom.